The molecule has 3 amide bonds. The van der Waals surface area contributed by atoms with E-state index < -0.39 is 47.9 Å². The summed E-state index contributed by atoms with van der Waals surface area (Å²) >= 11 is 0. The molecule has 0 saturated carbocycles. The minimum atomic E-state index is -1.19. The number of carboxylic acids is 1. The van der Waals surface area contributed by atoms with E-state index in [4.69, 9.17) is 5.73 Å². The first-order valence-electron chi connectivity index (χ1n) is 13.1. The summed E-state index contributed by atoms with van der Waals surface area (Å²) in [6, 6.07) is 1.76. The number of nitrogens with zero attached hydrogens (tertiary/aromatic N) is 2. The number of phenols is 1. The number of carbonyl (C=O) groups excluding carboxylic acids is 3. The average Bonchev–Trinajstić information content (AvgIpc) is 3.63. The normalized spacial score (nSPS) is 14.0. The molecule has 220 valence electrons. The molecule has 41 heavy (non-hydrogen) atoms. The van der Waals surface area contributed by atoms with Crippen LogP contribution in [0.2, 0.25) is 0 Å². The Labute approximate surface area is 236 Å². The van der Waals surface area contributed by atoms with Crippen LogP contribution in [0.15, 0.2) is 49.3 Å². The number of nitrogens with one attached hydrogen (secondary N) is 5. The summed E-state index contributed by atoms with van der Waals surface area (Å²) in [5, 5.41) is 26.9. The van der Waals surface area contributed by atoms with Gasteiger partial charge in [-0.05, 0) is 36.5 Å². The van der Waals surface area contributed by atoms with Crippen molar-refractivity contribution in [3.05, 3.63) is 66.3 Å². The van der Waals surface area contributed by atoms with E-state index in [0.717, 1.165) is 0 Å². The molecule has 3 aromatic rings. The summed E-state index contributed by atoms with van der Waals surface area (Å²) in [7, 11) is 0. The Kier molecular flexibility index (Phi) is 11.0. The Morgan fingerprint density at radius 1 is 0.805 bits per heavy atom. The molecule has 0 aliphatic carbocycles. The van der Waals surface area contributed by atoms with Gasteiger partial charge in [-0.25, -0.2) is 14.8 Å². The highest BCUT2D eigenvalue weighted by Gasteiger charge is 2.31. The Morgan fingerprint density at radius 3 is 1.73 bits per heavy atom. The van der Waals surface area contributed by atoms with Crippen molar-refractivity contribution in [1.29, 1.82) is 0 Å². The number of nitrogens with two attached hydrogens (primary N) is 1. The first kappa shape index (κ1) is 30.8. The third-order valence-corrected chi connectivity index (χ3v) is 6.27. The maximum absolute atomic E-state index is 13.5. The van der Waals surface area contributed by atoms with Gasteiger partial charge in [0.1, 0.15) is 23.9 Å². The molecule has 0 aliphatic heterocycles. The zero-order valence-corrected chi connectivity index (χ0v) is 22.8. The number of amides is 3. The van der Waals surface area contributed by atoms with Gasteiger partial charge in [0, 0.05) is 36.6 Å². The van der Waals surface area contributed by atoms with Gasteiger partial charge in [-0.2, -0.15) is 0 Å². The minimum absolute atomic E-state index is 0.00293. The minimum Gasteiger partial charge on any atom is -0.508 e. The molecule has 0 aliphatic rings. The number of H-pyrrole nitrogens is 2. The number of imidazole rings is 2. The largest absolute Gasteiger partial charge is 0.508 e. The molecule has 9 N–H and O–H groups in total. The Morgan fingerprint density at radius 2 is 1.29 bits per heavy atom. The molecule has 2 heterocycles. The van der Waals surface area contributed by atoms with Crippen LogP contribution in [0.1, 0.15) is 37.2 Å². The summed E-state index contributed by atoms with van der Waals surface area (Å²) < 4.78 is 0. The van der Waals surface area contributed by atoms with Crippen LogP contribution in [0.25, 0.3) is 0 Å². The van der Waals surface area contributed by atoms with Gasteiger partial charge in [0.2, 0.25) is 17.7 Å². The second kappa shape index (κ2) is 14.6. The number of carbonyl (C=O) groups is 4. The van der Waals surface area contributed by atoms with Crippen molar-refractivity contribution in [1.82, 2.24) is 35.9 Å². The third-order valence-electron chi connectivity index (χ3n) is 6.27. The molecular weight excluding hydrogens is 532 g/mol. The van der Waals surface area contributed by atoms with Gasteiger partial charge < -0.3 is 41.9 Å². The number of carboxylic acid groups (broad SMARTS) is 1. The number of benzene rings is 1. The van der Waals surface area contributed by atoms with Crippen LogP contribution < -0.4 is 21.7 Å². The maximum Gasteiger partial charge on any atom is 0.326 e. The summed E-state index contributed by atoms with van der Waals surface area (Å²) in [5.41, 5.74) is 7.91. The van der Waals surface area contributed by atoms with Crippen LogP contribution in [-0.2, 0) is 38.4 Å². The molecule has 3 rings (SSSR count). The first-order valence-corrected chi connectivity index (χ1v) is 13.1. The molecule has 0 fully saturated rings. The lowest BCUT2D eigenvalue weighted by Gasteiger charge is -2.25. The second-order valence-electron chi connectivity index (χ2n) is 10.2. The predicted molar refractivity (Wildman–Crippen MR) is 147 cm³/mol. The number of hydrogen-bond donors (Lipinski definition) is 8. The standard InChI is InChI=1S/C27H36N8O6/c1-15(2)7-23(27(40)41)35-26(39)22(10-18-12-30-14-32-18)34-25(38)21(9-17-11-29-13-31-17)33-24(37)20(28)8-16-3-5-19(36)6-4-16/h3-6,11-15,20-23,36H,7-10,28H2,1-2H3,(H,29,31)(H,30,32)(H,33,37)(H,34,38)(H,35,39)(H,40,41). The number of aromatic amines is 2. The Hall–Kier alpha value is -4.72. The number of aromatic nitrogens is 4. The number of phenolic OH excluding ortho intramolecular Hbond substituents is 1. The zero-order valence-electron chi connectivity index (χ0n) is 22.8. The molecule has 1 aromatic carbocycles. The van der Waals surface area contributed by atoms with Gasteiger partial charge in [0.15, 0.2) is 0 Å². The monoisotopic (exact) mass is 568 g/mol. The van der Waals surface area contributed by atoms with Gasteiger partial charge in [-0.3, -0.25) is 14.4 Å². The van der Waals surface area contributed by atoms with Crippen molar-refractivity contribution < 1.29 is 29.4 Å². The number of hydrogen-bond acceptors (Lipinski definition) is 8. The summed E-state index contributed by atoms with van der Waals surface area (Å²) in [6.07, 6.45) is 6.21. The quantitative estimate of drug-likeness (QED) is 0.121. The molecule has 0 saturated heterocycles. The Bertz CT molecular complexity index is 1280. The van der Waals surface area contributed by atoms with Crippen LogP contribution >= 0.6 is 0 Å². The molecule has 0 spiro atoms. The molecule has 14 heteroatoms. The highest BCUT2D eigenvalue weighted by molar-refractivity contribution is 5.94. The van der Waals surface area contributed by atoms with Crippen LogP contribution in [0.3, 0.4) is 0 Å². The van der Waals surface area contributed by atoms with E-state index in [-0.39, 0.29) is 37.4 Å². The van der Waals surface area contributed by atoms with E-state index >= 15 is 0 Å². The molecule has 14 nitrogen and oxygen atoms in total. The fraction of sp³-hybridized carbons (Fsp3) is 0.407. The summed E-state index contributed by atoms with van der Waals surface area (Å²) in [4.78, 5) is 65.1. The van der Waals surface area contributed by atoms with Gasteiger partial charge >= 0.3 is 5.97 Å². The fourth-order valence-electron chi connectivity index (χ4n) is 4.15. The van der Waals surface area contributed by atoms with Crippen molar-refractivity contribution in [2.75, 3.05) is 0 Å². The second-order valence-corrected chi connectivity index (χ2v) is 10.2. The van der Waals surface area contributed by atoms with Gasteiger partial charge in [0.05, 0.1) is 18.7 Å². The van der Waals surface area contributed by atoms with Gasteiger partial charge in [0.25, 0.3) is 0 Å². The van der Waals surface area contributed by atoms with Crippen LogP contribution in [0.4, 0.5) is 0 Å². The van der Waals surface area contributed by atoms with Crippen molar-refractivity contribution in [3.63, 3.8) is 0 Å². The molecule has 0 radical (unpaired) electrons. The molecular formula is C27H36N8O6. The average molecular weight is 569 g/mol. The molecule has 0 bridgehead atoms. The smallest absolute Gasteiger partial charge is 0.326 e. The fourth-order valence-corrected chi connectivity index (χ4v) is 4.15. The first-order chi connectivity index (χ1) is 19.5. The van der Waals surface area contributed by atoms with E-state index in [1.165, 1.54) is 37.2 Å². The van der Waals surface area contributed by atoms with E-state index in [2.05, 4.69) is 35.9 Å². The topological polar surface area (TPSA) is 228 Å². The lowest BCUT2D eigenvalue weighted by molar-refractivity contribution is -0.142. The number of aromatic hydroxyl groups is 1. The van der Waals surface area contributed by atoms with E-state index in [0.29, 0.717) is 17.0 Å². The van der Waals surface area contributed by atoms with Crippen LogP contribution in [-0.4, -0.2) is 78.0 Å². The highest BCUT2D eigenvalue weighted by Crippen LogP contribution is 2.12. The van der Waals surface area contributed by atoms with E-state index in [1.807, 2.05) is 13.8 Å². The Balaban J connectivity index is 1.77. The predicted octanol–water partition coefficient (Wildman–Crippen LogP) is -0.221. The number of aliphatic carboxylic acids is 1. The van der Waals surface area contributed by atoms with Gasteiger partial charge in [-0.1, -0.05) is 26.0 Å². The summed E-state index contributed by atoms with van der Waals surface area (Å²) in [5.74, 6) is -3.09. The van der Waals surface area contributed by atoms with E-state index in [9.17, 15) is 29.4 Å². The third kappa shape index (κ3) is 9.76. The van der Waals surface area contributed by atoms with Crippen molar-refractivity contribution in [3.8, 4) is 5.75 Å². The van der Waals surface area contributed by atoms with Crippen molar-refractivity contribution in [2.24, 2.45) is 11.7 Å². The van der Waals surface area contributed by atoms with Crippen molar-refractivity contribution in [2.45, 2.75) is 63.7 Å². The molecule has 4 unspecified atom stereocenters. The summed E-state index contributed by atoms with van der Waals surface area (Å²) in [6.45, 7) is 3.67. The highest BCUT2D eigenvalue weighted by atomic mass is 16.4. The van der Waals surface area contributed by atoms with Crippen LogP contribution in [0, 0.1) is 5.92 Å². The van der Waals surface area contributed by atoms with E-state index in [1.54, 1.807) is 12.1 Å². The van der Waals surface area contributed by atoms with Crippen LogP contribution in [0.5, 0.6) is 5.75 Å². The van der Waals surface area contributed by atoms with Crippen molar-refractivity contribution >= 4 is 23.7 Å². The SMILES string of the molecule is CC(C)CC(NC(=O)C(Cc1cnc[nH]1)NC(=O)C(Cc1cnc[nH]1)NC(=O)C(N)Cc1ccc(O)cc1)C(=O)O. The maximum atomic E-state index is 13.5. The van der Waals surface area contributed by atoms with Gasteiger partial charge in [-0.15, -0.1) is 0 Å². The molecule has 4 atom stereocenters. The zero-order chi connectivity index (χ0) is 29.9. The number of rotatable bonds is 15. The lowest BCUT2D eigenvalue weighted by Crippen LogP contribution is -2.58. The lowest BCUT2D eigenvalue weighted by atomic mass is 10.0. The molecule has 2 aromatic heterocycles.